The second-order valence-electron chi connectivity index (χ2n) is 5.92. The van der Waals surface area contributed by atoms with Gasteiger partial charge in [-0.3, -0.25) is 14.6 Å². The molecule has 3 N–H and O–H groups in total. The summed E-state index contributed by atoms with van der Waals surface area (Å²) in [6.45, 7) is 0. The van der Waals surface area contributed by atoms with E-state index in [2.05, 4.69) is 15.4 Å². The maximum absolute atomic E-state index is 12.2. The molecule has 0 aliphatic heterocycles. The Balaban J connectivity index is 1.59. The topological polar surface area (TPSA) is 103 Å². The minimum Gasteiger partial charge on any atom is -0.366 e. The van der Waals surface area contributed by atoms with Crippen LogP contribution in [0.4, 0.5) is 5.69 Å². The highest BCUT2D eigenvalue weighted by Gasteiger charge is 2.11. The van der Waals surface area contributed by atoms with Gasteiger partial charge < -0.3 is 11.1 Å². The molecule has 0 fully saturated rings. The van der Waals surface area contributed by atoms with Crippen molar-refractivity contribution in [2.75, 3.05) is 5.32 Å². The van der Waals surface area contributed by atoms with Gasteiger partial charge in [-0.15, -0.1) is 0 Å². The number of aromatic nitrogens is 3. The molecule has 7 nitrogen and oxygen atoms in total. The summed E-state index contributed by atoms with van der Waals surface area (Å²) in [6, 6.07) is 15.9. The van der Waals surface area contributed by atoms with Gasteiger partial charge >= 0.3 is 0 Å². The van der Waals surface area contributed by atoms with Crippen molar-refractivity contribution in [2.24, 2.45) is 5.73 Å². The normalized spacial score (nSPS) is 10.7. The molecule has 2 aromatic carbocycles. The van der Waals surface area contributed by atoms with Crippen LogP contribution in [0.5, 0.6) is 0 Å². The molecule has 4 aromatic rings. The number of nitrogens with two attached hydrogens (primary N) is 1. The van der Waals surface area contributed by atoms with Crippen LogP contribution in [0, 0.1) is 0 Å². The van der Waals surface area contributed by atoms with Crippen LogP contribution in [0.2, 0.25) is 0 Å². The fourth-order valence-electron chi connectivity index (χ4n) is 2.77. The SMILES string of the molecule is NC(=O)c1cccc2cn(-c3ccc(NC(=O)c4cccnc4)cc3)nc12. The van der Waals surface area contributed by atoms with Crippen LogP contribution in [0.3, 0.4) is 0 Å². The van der Waals surface area contributed by atoms with Crippen molar-refractivity contribution in [1.82, 2.24) is 14.8 Å². The molecule has 0 aliphatic rings. The van der Waals surface area contributed by atoms with Crippen LogP contribution in [0.25, 0.3) is 16.6 Å². The van der Waals surface area contributed by atoms with Crippen molar-refractivity contribution >= 4 is 28.4 Å². The number of primary amides is 1. The summed E-state index contributed by atoms with van der Waals surface area (Å²) in [5, 5.41) is 8.10. The summed E-state index contributed by atoms with van der Waals surface area (Å²) in [5.41, 5.74) is 8.28. The average molecular weight is 357 g/mol. The number of rotatable bonds is 4. The lowest BCUT2D eigenvalue weighted by Gasteiger charge is -2.06. The number of benzene rings is 2. The first-order valence-corrected chi connectivity index (χ1v) is 8.22. The summed E-state index contributed by atoms with van der Waals surface area (Å²) in [5.74, 6) is -0.744. The van der Waals surface area contributed by atoms with Gasteiger partial charge in [-0.05, 0) is 42.5 Å². The van der Waals surface area contributed by atoms with Gasteiger partial charge in [0.1, 0.15) is 5.52 Å². The van der Waals surface area contributed by atoms with E-state index in [0.29, 0.717) is 22.3 Å². The van der Waals surface area contributed by atoms with E-state index in [1.165, 1.54) is 6.20 Å². The largest absolute Gasteiger partial charge is 0.366 e. The molecule has 0 radical (unpaired) electrons. The number of nitrogens with one attached hydrogen (secondary N) is 1. The lowest BCUT2D eigenvalue weighted by Crippen LogP contribution is -2.12. The predicted octanol–water partition coefficient (Wildman–Crippen LogP) is 2.77. The standard InChI is InChI=1S/C20H15N5O2/c21-19(26)17-5-1-3-14-12-25(24-18(14)17)16-8-6-15(7-9-16)23-20(27)13-4-2-10-22-11-13/h1-12H,(H2,21,26)(H,23,27). The maximum atomic E-state index is 12.2. The van der Waals surface area contributed by atoms with Gasteiger partial charge in [0.15, 0.2) is 0 Å². The molecule has 0 unspecified atom stereocenters. The zero-order valence-electron chi connectivity index (χ0n) is 14.2. The van der Waals surface area contributed by atoms with Gasteiger partial charge in [-0.2, -0.15) is 5.10 Å². The zero-order valence-corrected chi connectivity index (χ0v) is 14.2. The third-order valence-electron chi connectivity index (χ3n) is 4.12. The fourth-order valence-corrected chi connectivity index (χ4v) is 2.77. The van der Waals surface area contributed by atoms with Crippen molar-refractivity contribution in [2.45, 2.75) is 0 Å². The third-order valence-corrected chi connectivity index (χ3v) is 4.12. The number of anilines is 1. The van der Waals surface area contributed by atoms with Crippen molar-refractivity contribution in [1.29, 1.82) is 0 Å². The first-order valence-electron chi connectivity index (χ1n) is 8.22. The summed E-state index contributed by atoms with van der Waals surface area (Å²) in [7, 11) is 0. The van der Waals surface area contributed by atoms with Crippen molar-refractivity contribution in [3.8, 4) is 5.69 Å². The van der Waals surface area contributed by atoms with Crippen LogP contribution in [-0.4, -0.2) is 26.6 Å². The molecule has 0 saturated carbocycles. The lowest BCUT2D eigenvalue weighted by molar-refractivity contribution is 0.0998. The van der Waals surface area contributed by atoms with E-state index in [0.717, 1.165) is 11.1 Å². The van der Waals surface area contributed by atoms with Crippen LogP contribution in [0.15, 0.2) is 73.2 Å². The van der Waals surface area contributed by atoms with E-state index in [1.807, 2.05) is 24.4 Å². The predicted molar refractivity (Wildman–Crippen MR) is 102 cm³/mol. The number of amides is 2. The Hall–Kier alpha value is -4.00. The third kappa shape index (κ3) is 3.25. The summed E-state index contributed by atoms with van der Waals surface area (Å²) in [4.78, 5) is 27.7. The minimum atomic E-state index is -0.515. The molecule has 132 valence electrons. The molecule has 0 saturated heterocycles. The molecule has 2 aromatic heterocycles. The molecule has 0 spiro atoms. The molecular weight excluding hydrogens is 342 g/mol. The Labute approximate surface area is 154 Å². The number of carbonyl (C=O) groups excluding carboxylic acids is 2. The van der Waals surface area contributed by atoms with E-state index in [9.17, 15) is 9.59 Å². The van der Waals surface area contributed by atoms with Gasteiger partial charge in [0.2, 0.25) is 0 Å². The Morgan fingerprint density at radius 2 is 1.81 bits per heavy atom. The average Bonchev–Trinajstić information content (AvgIpc) is 3.13. The first kappa shape index (κ1) is 16.5. The molecule has 0 aliphatic carbocycles. The Morgan fingerprint density at radius 3 is 2.52 bits per heavy atom. The van der Waals surface area contributed by atoms with Gasteiger partial charge in [0, 0.05) is 29.7 Å². The van der Waals surface area contributed by atoms with Crippen LogP contribution < -0.4 is 11.1 Å². The minimum absolute atomic E-state index is 0.230. The van der Waals surface area contributed by atoms with Crippen LogP contribution in [-0.2, 0) is 0 Å². The summed E-state index contributed by atoms with van der Waals surface area (Å²) < 4.78 is 1.67. The number of carbonyl (C=O) groups is 2. The highest BCUT2D eigenvalue weighted by molar-refractivity contribution is 6.05. The molecule has 2 heterocycles. The van der Waals surface area contributed by atoms with Gasteiger partial charge in [0.25, 0.3) is 11.8 Å². The number of hydrogen-bond acceptors (Lipinski definition) is 4. The van der Waals surface area contributed by atoms with E-state index >= 15 is 0 Å². The number of pyridine rings is 1. The molecule has 0 atom stereocenters. The smallest absolute Gasteiger partial charge is 0.257 e. The summed E-state index contributed by atoms with van der Waals surface area (Å²) in [6.07, 6.45) is 4.95. The van der Waals surface area contributed by atoms with Crippen molar-refractivity contribution in [3.63, 3.8) is 0 Å². The first-order chi connectivity index (χ1) is 13.1. The molecular formula is C20H15N5O2. The monoisotopic (exact) mass is 357 g/mol. The Bertz CT molecular complexity index is 1130. The van der Waals surface area contributed by atoms with E-state index in [-0.39, 0.29) is 5.91 Å². The molecule has 2 amide bonds. The lowest BCUT2D eigenvalue weighted by atomic mass is 10.1. The van der Waals surface area contributed by atoms with Gasteiger partial charge in [0.05, 0.1) is 16.8 Å². The van der Waals surface area contributed by atoms with Gasteiger partial charge in [-0.1, -0.05) is 12.1 Å². The van der Waals surface area contributed by atoms with Crippen molar-refractivity contribution in [3.05, 3.63) is 84.3 Å². The van der Waals surface area contributed by atoms with Gasteiger partial charge in [-0.25, -0.2) is 4.68 Å². The number of hydrogen-bond donors (Lipinski definition) is 2. The molecule has 4 rings (SSSR count). The van der Waals surface area contributed by atoms with E-state index < -0.39 is 5.91 Å². The summed E-state index contributed by atoms with van der Waals surface area (Å²) >= 11 is 0. The molecule has 0 bridgehead atoms. The van der Waals surface area contributed by atoms with Crippen LogP contribution >= 0.6 is 0 Å². The number of nitrogens with zero attached hydrogens (tertiary/aromatic N) is 3. The zero-order chi connectivity index (χ0) is 18.8. The second-order valence-corrected chi connectivity index (χ2v) is 5.92. The molecule has 27 heavy (non-hydrogen) atoms. The molecule has 7 heteroatoms. The highest BCUT2D eigenvalue weighted by Crippen LogP contribution is 2.20. The highest BCUT2D eigenvalue weighted by atomic mass is 16.2. The number of fused-ring (bicyclic) bond motifs is 1. The Kier molecular flexibility index (Phi) is 4.10. The fraction of sp³-hybridized carbons (Fsp3) is 0. The quantitative estimate of drug-likeness (QED) is 0.586. The van der Waals surface area contributed by atoms with E-state index in [1.54, 1.807) is 47.3 Å². The second kappa shape index (κ2) is 6.72. The van der Waals surface area contributed by atoms with Crippen molar-refractivity contribution < 1.29 is 9.59 Å². The maximum Gasteiger partial charge on any atom is 0.257 e. The van der Waals surface area contributed by atoms with Crippen LogP contribution in [0.1, 0.15) is 20.7 Å². The Morgan fingerprint density at radius 1 is 1.00 bits per heavy atom. The van der Waals surface area contributed by atoms with E-state index in [4.69, 9.17) is 5.73 Å².